The molecule has 0 aromatic carbocycles. The molecule has 1 aliphatic heterocycles. The Bertz CT molecular complexity index is 563. The van der Waals surface area contributed by atoms with E-state index in [9.17, 15) is 9.59 Å². The number of carbonyl (C=O) groups is 2. The summed E-state index contributed by atoms with van der Waals surface area (Å²) in [4.78, 5) is 29.6. The molecule has 0 bridgehead atoms. The number of ether oxygens (including phenoxy) is 1. The van der Waals surface area contributed by atoms with Gasteiger partial charge in [-0.2, -0.15) is 4.98 Å². The maximum atomic E-state index is 12.3. The Morgan fingerprint density at radius 2 is 2.09 bits per heavy atom. The van der Waals surface area contributed by atoms with Crippen LogP contribution in [0.2, 0.25) is 0 Å². The maximum Gasteiger partial charge on any atom is 0.325 e. The summed E-state index contributed by atoms with van der Waals surface area (Å²) in [5, 5.41) is 6.50. The van der Waals surface area contributed by atoms with Gasteiger partial charge in [-0.05, 0) is 19.3 Å². The molecule has 3 amide bonds. The second-order valence-electron chi connectivity index (χ2n) is 6.32. The summed E-state index contributed by atoms with van der Waals surface area (Å²) in [7, 11) is 0. The predicted octanol–water partition coefficient (Wildman–Crippen LogP) is 1.63. The summed E-state index contributed by atoms with van der Waals surface area (Å²) in [6, 6.07) is -0.993. The molecule has 0 radical (unpaired) electrons. The Morgan fingerprint density at radius 1 is 1.41 bits per heavy atom. The van der Waals surface area contributed by atoms with E-state index in [1.807, 2.05) is 34.6 Å². The van der Waals surface area contributed by atoms with Crippen molar-refractivity contribution in [2.24, 2.45) is 5.41 Å². The molecule has 22 heavy (non-hydrogen) atoms. The molecule has 0 spiro atoms. The molecular weight excluding hydrogens is 288 g/mol. The second-order valence-corrected chi connectivity index (χ2v) is 6.32. The van der Waals surface area contributed by atoms with Crippen molar-refractivity contribution in [3.8, 4) is 0 Å². The van der Waals surface area contributed by atoms with Crippen LogP contribution in [0.3, 0.4) is 0 Å². The third-order valence-electron chi connectivity index (χ3n) is 3.45. The van der Waals surface area contributed by atoms with E-state index in [0.717, 1.165) is 4.90 Å². The number of hydrogen-bond donors (Lipinski definition) is 1. The van der Waals surface area contributed by atoms with Crippen LogP contribution in [0.5, 0.6) is 0 Å². The Hall–Kier alpha value is -1.96. The van der Waals surface area contributed by atoms with Gasteiger partial charge in [-0.25, -0.2) is 4.79 Å². The lowest BCUT2D eigenvalue weighted by Gasteiger charge is -2.24. The van der Waals surface area contributed by atoms with Crippen molar-refractivity contribution in [3.63, 3.8) is 0 Å². The summed E-state index contributed by atoms with van der Waals surface area (Å²) in [5.41, 5.74) is -0.356. The van der Waals surface area contributed by atoms with Crippen molar-refractivity contribution >= 4 is 11.9 Å². The van der Waals surface area contributed by atoms with Crippen LogP contribution in [0.4, 0.5) is 4.79 Å². The van der Waals surface area contributed by atoms with Gasteiger partial charge in [0.1, 0.15) is 18.7 Å². The number of hydrogen-bond acceptors (Lipinski definition) is 6. The summed E-state index contributed by atoms with van der Waals surface area (Å²) in [5.74, 6) is 0.325. The monoisotopic (exact) mass is 310 g/mol. The summed E-state index contributed by atoms with van der Waals surface area (Å²) in [6.07, 6.45) is -0.298. The zero-order valence-electron chi connectivity index (χ0n) is 13.5. The zero-order valence-corrected chi connectivity index (χ0v) is 13.5. The van der Waals surface area contributed by atoms with E-state index < -0.39 is 12.1 Å². The van der Waals surface area contributed by atoms with Crippen LogP contribution in [0.25, 0.3) is 0 Å². The molecule has 2 heterocycles. The van der Waals surface area contributed by atoms with Gasteiger partial charge in [-0.15, -0.1) is 0 Å². The number of imide groups is 1. The highest BCUT2D eigenvalue weighted by Crippen LogP contribution is 2.26. The molecule has 2 atom stereocenters. The number of urea groups is 1. The van der Waals surface area contributed by atoms with Crippen molar-refractivity contribution in [1.82, 2.24) is 20.4 Å². The van der Waals surface area contributed by atoms with E-state index in [4.69, 9.17) is 9.26 Å². The van der Waals surface area contributed by atoms with Crippen LogP contribution >= 0.6 is 0 Å². The largest absolute Gasteiger partial charge is 0.371 e. The molecule has 122 valence electrons. The minimum atomic E-state index is -0.551. The van der Waals surface area contributed by atoms with E-state index in [2.05, 4.69) is 15.5 Å². The number of carbonyl (C=O) groups excluding carboxylic acids is 2. The molecule has 0 saturated carbocycles. The quantitative estimate of drug-likeness (QED) is 0.830. The average Bonchev–Trinajstić information content (AvgIpc) is 2.98. The van der Waals surface area contributed by atoms with E-state index in [-0.39, 0.29) is 29.9 Å². The lowest BCUT2D eigenvalue weighted by Crippen LogP contribution is -2.41. The first kappa shape index (κ1) is 16.4. The first-order chi connectivity index (χ1) is 10.2. The molecule has 8 heteroatoms. The minimum absolute atomic E-state index is 0.0386. The summed E-state index contributed by atoms with van der Waals surface area (Å²) >= 11 is 0. The summed E-state index contributed by atoms with van der Waals surface area (Å²) < 4.78 is 10.5. The van der Waals surface area contributed by atoms with E-state index >= 15 is 0 Å². The van der Waals surface area contributed by atoms with Crippen LogP contribution in [0.15, 0.2) is 4.52 Å². The lowest BCUT2D eigenvalue weighted by atomic mass is 9.87. The molecule has 1 saturated heterocycles. The number of aromatic nitrogens is 2. The maximum absolute atomic E-state index is 12.3. The van der Waals surface area contributed by atoms with Crippen molar-refractivity contribution in [2.45, 2.75) is 53.3 Å². The molecule has 2 rings (SSSR count). The smallest absolute Gasteiger partial charge is 0.325 e. The van der Waals surface area contributed by atoms with Gasteiger partial charge < -0.3 is 14.6 Å². The lowest BCUT2D eigenvalue weighted by molar-refractivity contribution is -0.130. The first-order valence-corrected chi connectivity index (χ1v) is 7.30. The topological polar surface area (TPSA) is 97.6 Å². The van der Waals surface area contributed by atoms with Crippen LogP contribution in [0.1, 0.15) is 52.4 Å². The van der Waals surface area contributed by atoms with Crippen molar-refractivity contribution in [2.75, 3.05) is 6.61 Å². The van der Waals surface area contributed by atoms with E-state index in [0.29, 0.717) is 12.4 Å². The van der Waals surface area contributed by atoms with Crippen LogP contribution in [0, 0.1) is 5.41 Å². The predicted molar refractivity (Wildman–Crippen MR) is 76.7 cm³/mol. The highest BCUT2D eigenvalue weighted by Gasteiger charge is 2.44. The van der Waals surface area contributed by atoms with E-state index in [1.54, 1.807) is 0 Å². The molecule has 1 aromatic rings. The number of amides is 3. The average molecular weight is 310 g/mol. The van der Waals surface area contributed by atoms with Gasteiger partial charge in [-0.3, -0.25) is 9.69 Å². The van der Waals surface area contributed by atoms with Gasteiger partial charge in [0.05, 0.1) is 0 Å². The number of rotatable bonds is 5. The SMILES string of the molecule is CCOC(C)c1noc(CN2C(=O)NC(C(C)(C)C)C2=O)n1. The zero-order chi connectivity index (χ0) is 16.5. The highest BCUT2D eigenvalue weighted by molar-refractivity contribution is 6.04. The fraction of sp³-hybridized carbons (Fsp3) is 0.714. The van der Waals surface area contributed by atoms with Crippen LogP contribution in [-0.2, 0) is 16.1 Å². The third kappa shape index (κ3) is 3.27. The molecule has 2 unspecified atom stereocenters. The minimum Gasteiger partial charge on any atom is -0.371 e. The van der Waals surface area contributed by atoms with Gasteiger partial charge >= 0.3 is 6.03 Å². The number of nitrogens with zero attached hydrogens (tertiary/aromatic N) is 3. The normalized spacial score (nSPS) is 20.4. The van der Waals surface area contributed by atoms with Crippen LogP contribution < -0.4 is 5.32 Å². The third-order valence-corrected chi connectivity index (χ3v) is 3.45. The molecule has 1 aromatic heterocycles. The second kappa shape index (κ2) is 6.04. The van der Waals surface area contributed by atoms with Crippen molar-refractivity contribution in [3.05, 3.63) is 11.7 Å². The Balaban J connectivity index is 2.08. The molecule has 0 aliphatic carbocycles. The number of nitrogens with one attached hydrogen (secondary N) is 1. The highest BCUT2D eigenvalue weighted by atomic mass is 16.5. The molecular formula is C14H22N4O4. The van der Waals surface area contributed by atoms with Gasteiger partial charge in [0.25, 0.3) is 5.91 Å². The fourth-order valence-corrected chi connectivity index (χ4v) is 2.21. The Morgan fingerprint density at radius 3 is 2.64 bits per heavy atom. The van der Waals surface area contributed by atoms with Crippen molar-refractivity contribution < 1.29 is 18.8 Å². The van der Waals surface area contributed by atoms with Gasteiger partial charge in [-0.1, -0.05) is 25.9 Å². The Kier molecular flexibility index (Phi) is 4.50. The fourth-order valence-electron chi connectivity index (χ4n) is 2.21. The first-order valence-electron chi connectivity index (χ1n) is 7.30. The van der Waals surface area contributed by atoms with Gasteiger partial charge in [0.2, 0.25) is 5.89 Å². The van der Waals surface area contributed by atoms with E-state index in [1.165, 1.54) is 0 Å². The van der Waals surface area contributed by atoms with Crippen molar-refractivity contribution in [1.29, 1.82) is 0 Å². The standard InChI is InChI=1S/C14H22N4O4/c1-6-21-8(2)11-15-9(22-17-11)7-18-12(19)10(14(3,4)5)16-13(18)20/h8,10H,6-7H2,1-5H3,(H,16,20). The molecule has 1 aliphatic rings. The Labute approximate surface area is 129 Å². The molecule has 1 N–H and O–H groups in total. The summed E-state index contributed by atoms with van der Waals surface area (Å²) in [6.45, 7) is 9.86. The van der Waals surface area contributed by atoms with Gasteiger partial charge in [0.15, 0.2) is 5.82 Å². The van der Waals surface area contributed by atoms with Crippen LogP contribution in [-0.4, -0.2) is 39.6 Å². The van der Waals surface area contributed by atoms with Gasteiger partial charge in [0, 0.05) is 6.61 Å². The molecule has 8 nitrogen and oxygen atoms in total. The molecule has 1 fully saturated rings.